The summed E-state index contributed by atoms with van der Waals surface area (Å²) in [5, 5.41) is 3.06. The molecule has 2 heterocycles. The summed E-state index contributed by atoms with van der Waals surface area (Å²) in [7, 11) is 1.58. The summed E-state index contributed by atoms with van der Waals surface area (Å²) in [5.41, 5.74) is 0.785. The fourth-order valence-corrected chi connectivity index (χ4v) is 3.04. The van der Waals surface area contributed by atoms with Crippen LogP contribution < -0.4 is 5.32 Å². The number of alkyl halides is 3. The molecule has 1 aromatic rings. The molecule has 1 saturated carbocycles. The van der Waals surface area contributed by atoms with E-state index < -0.39 is 17.6 Å². The maximum atomic E-state index is 13.2. The van der Waals surface area contributed by atoms with Gasteiger partial charge in [-0.05, 0) is 19.3 Å². The minimum absolute atomic E-state index is 0.251. The van der Waals surface area contributed by atoms with Gasteiger partial charge in [-0.25, -0.2) is 4.98 Å². The van der Waals surface area contributed by atoms with Gasteiger partial charge in [0.25, 0.3) is 0 Å². The quantitative estimate of drug-likeness (QED) is 0.926. The normalized spacial score (nSPS) is 21.4. The van der Waals surface area contributed by atoms with Gasteiger partial charge in [-0.2, -0.15) is 13.2 Å². The van der Waals surface area contributed by atoms with Crippen LogP contribution in [0.3, 0.4) is 0 Å². The molecule has 1 fully saturated rings. The van der Waals surface area contributed by atoms with Gasteiger partial charge < -0.3 is 14.6 Å². The number of hydrogen-bond acceptors (Lipinski definition) is 3. The molecular formula is C13H18F3N3O. The standard InChI is InChI=1S/C13H18F3N3O/c1-20-12(4-2-5-12)8-19-10-3-6-17-7-9(10)18-11(19)13(14,15)16/h17H,2-8H2,1H3. The number of aromatic nitrogens is 2. The van der Waals surface area contributed by atoms with Gasteiger partial charge in [0.15, 0.2) is 0 Å². The molecular weight excluding hydrogens is 271 g/mol. The molecule has 1 aromatic heterocycles. The minimum atomic E-state index is -4.42. The van der Waals surface area contributed by atoms with Gasteiger partial charge in [-0.15, -0.1) is 0 Å². The molecule has 0 unspecified atom stereocenters. The highest BCUT2D eigenvalue weighted by atomic mass is 19.4. The van der Waals surface area contributed by atoms with Crippen molar-refractivity contribution >= 4 is 0 Å². The van der Waals surface area contributed by atoms with Crippen molar-refractivity contribution in [2.75, 3.05) is 13.7 Å². The number of halogens is 3. The van der Waals surface area contributed by atoms with Crippen LogP contribution in [-0.2, 0) is 30.4 Å². The Hall–Kier alpha value is -1.08. The van der Waals surface area contributed by atoms with Crippen LogP contribution in [0.15, 0.2) is 0 Å². The molecule has 0 atom stereocenters. The van der Waals surface area contributed by atoms with E-state index in [9.17, 15) is 13.2 Å². The maximum Gasteiger partial charge on any atom is 0.449 e. The summed E-state index contributed by atoms with van der Waals surface area (Å²) in [4.78, 5) is 3.82. The number of rotatable bonds is 3. The Labute approximate surface area is 115 Å². The Kier molecular flexibility index (Phi) is 3.29. The number of methoxy groups -OCH3 is 1. The van der Waals surface area contributed by atoms with Crippen molar-refractivity contribution < 1.29 is 17.9 Å². The Morgan fingerprint density at radius 2 is 2.15 bits per heavy atom. The highest BCUT2D eigenvalue weighted by Crippen LogP contribution is 2.39. The molecule has 0 aromatic carbocycles. The van der Waals surface area contributed by atoms with Gasteiger partial charge in [0.1, 0.15) is 0 Å². The van der Waals surface area contributed by atoms with Crippen LogP contribution in [-0.4, -0.2) is 28.8 Å². The Balaban J connectivity index is 2.00. The smallest absolute Gasteiger partial charge is 0.376 e. The second kappa shape index (κ2) is 4.73. The van der Waals surface area contributed by atoms with Gasteiger partial charge in [0.2, 0.25) is 5.82 Å². The van der Waals surface area contributed by atoms with E-state index in [4.69, 9.17) is 4.74 Å². The predicted octanol–water partition coefficient (Wildman–Crippen LogP) is 2.12. The molecule has 0 saturated heterocycles. The molecule has 0 bridgehead atoms. The lowest BCUT2D eigenvalue weighted by Gasteiger charge is -2.41. The largest absolute Gasteiger partial charge is 0.449 e. The van der Waals surface area contributed by atoms with Crippen molar-refractivity contribution in [3.63, 3.8) is 0 Å². The zero-order chi connectivity index (χ0) is 14.4. The van der Waals surface area contributed by atoms with Gasteiger partial charge in [0.05, 0.1) is 17.8 Å². The van der Waals surface area contributed by atoms with Gasteiger partial charge in [-0.3, -0.25) is 0 Å². The van der Waals surface area contributed by atoms with E-state index in [1.165, 1.54) is 4.57 Å². The highest BCUT2D eigenvalue weighted by Gasteiger charge is 2.44. The second-order valence-electron chi connectivity index (χ2n) is 5.58. The fourth-order valence-electron chi connectivity index (χ4n) is 3.04. The van der Waals surface area contributed by atoms with E-state index in [0.717, 1.165) is 19.3 Å². The Bertz CT molecular complexity index is 500. The molecule has 4 nitrogen and oxygen atoms in total. The van der Waals surface area contributed by atoms with Crippen LogP contribution in [0.2, 0.25) is 0 Å². The zero-order valence-corrected chi connectivity index (χ0v) is 11.4. The molecule has 0 radical (unpaired) electrons. The molecule has 112 valence electrons. The molecule has 3 rings (SSSR count). The van der Waals surface area contributed by atoms with Crippen molar-refractivity contribution in [2.45, 2.75) is 50.6 Å². The van der Waals surface area contributed by atoms with Gasteiger partial charge in [0, 0.05) is 32.3 Å². The first-order valence-electron chi connectivity index (χ1n) is 6.86. The van der Waals surface area contributed by atoms with Crippen molar-refractivity contribution in [3.8, 4) is 0 Å². The van der Waals surface area contributed by atoms with E-state index >= 15 is 0 Å². The first-order chi connectivity index (χ1) is 9.45. The highest BCUT2D eigenvalue weighted by molar-refractivity contribution is 5.22. The lowest BCUT2D eigenvalue weighted by Crippen LogP contribution is -2.44. The van der Waals surface area contributed by atoms with Crippen molar-refractivity contribution in [1.82, 2.24) is 14.9 Å². The number of hydrogen-bond donors (Lipinski definition) is 1. The molecule has 2 aliphatic rings. The Morgan fingerprint density at radius 1 is 1.40 bits per heavy atom. The number of nitrogens with one attached hydrogen (secondary N) is 1. The molecule has 1 N–H and O–H groups in total. The van der Waals surface area contributed by atoms with Crippen LogP contribution in [0.1, 0.15) is 36.5 Å². The zero-order valence-electron chi connectivity index (χ0n) is 11.4. The van der Waals surface area contributed by atoms with Crippen LogP contribution in [0, 0.1) is 0 Å². The van der Waals surface area contributed by atoms with E-state index in [1.807, 2.05) is 0 Å². The van der Waals surface area contributed by atoms with Crippen LogP contribution in [0.4, 0.5) is 13.2 Å². The summed E-state index contributed by atoms with van der Waals surface area (Å²) in [6.45, 7) is 1.35. The third kappa shape index (κ3) is 2.22. The topological polar surface area (TPSA) is 39.1 Å². The van der Waals surface area contributed by atoms with E-state index in [-0.39, 0.29) is 6.54 Å². The Morgan fingerprint density at radius 3 is 2.70 bits per heavy atom. The van der Waals surface area contributed by atoms with Crippen molar-refractivity contribution in [3.05, 3.63) is 17.2 Å². The second-order valence-corrected chi connectivity index (χ2v) is 5.58. The van der Waals surface area contributed by atoms with E-state index in [2.05, 4.69) is 10.3 Å². The summed E-state index contributed by atoms with van der Waals surface area (Å²) >= 11 is 0. The maximum absolute atomic E-state index is 13.2. The average molecular weight is 289 g/mol. The van der Waals surface area contributed by atoms with Gasteiger partial charge in [-0.1, -0.05) is 0 Å². The predicted molar refractivity (Wildman–Crippen MR) is 66.2 cm³/mol. The molecule has 0 spiro atoms. The monoisotopic (exact) mass is 289 g/mol. The van der Waals surface area contributed by atoms with Crippen molar-refractivity contribution in [2.24, 2.45) is 0 Å². The van der Waals surface area contributed by atoms with Crippen LogP contribution in [0.5, 0.6) is 0 Å². The summed E-state index contributed by atoms with van der Waals surface area (Å²) < 4.78 is 46.4. The van der Waals surface area contributed by atoms with E-state index in [1.54, 1.807) is 7.11 Å². The number of ether oxygens (including phenoxy) is 1. The van der Waals surface area contributed by atoms with Crippen LogP contribution >= 0.6 is 0 Å². The number of nitrogens with zero attached hydrogens (tertiary/aromatic N) is 2. The van der Waals surface area contributed by atoms with Crippen LogP contribution in [0.25, 0.3) is 0 Å². The SMILES string of the molecule is COC1(Cn2c(C(F)(F)F)nc3c2CCNC3)CCC1. The number of fused-ring (bicyclic) bond motifs is 1. The third-order valence-electron chi connectivity index (χ3n) is 4.38. The summed E-state index contributed by atoms with van der Waals surface area (Å²) in [6.07, 6.45) is -1.21. The molecule has 7 heteroatoms. The fraction of sp³-hybridized carbons (Fsp3) is 0.769. The average Bonchev–Trinajstić information content (AvgIpc) is 2.72. The van der Waals surface area contributed by atoms with Gasteiger partial charge >= 0.3 is 6.18 Å². The lowest BCUT2D eigenvalue weighted by atomic mass is 9.79. The van der Waals surface area contributed by atoms with Crippen molar-refractivity contribution in [1.29, 1.82) is 0 Å². The molecule has 1 aliphatic heterocycles. The summed E-state index contributed by atoms with van der Waals surface area (Å²) in [5.74, 6) is -0.783. The number of imidazole rings is 1. The minimum Gasteiger partial charge on any atom is -0.376 e. The van der Waals surface area contributed by atoms with E-state index in [0.29, 0.717) is 30.9 Å². The first kappa shape index (κ1) is 13.9. The lowest BCUT2D eigenvalue weighted by molar-refractivity contribution is -0.151. The molecule has 1 aliphatic carbocycles. The third-order valence-corrected chi connectivity index (χ3v) is 4.38. The first-order valence-corrected chi connectivity index (χ1v) is 6.86. The molecule has 0 amide bonds. The summed E-state index contributed by atoms with van der Waals surface area (Å²) in [6, 6.07) is 0. The molecule has 20 heavy (non-hydrogen) atoms.